The number of nitrogens with two attached hydrogens (primary N) is 1. The highest BCUT2D eigenvalue weighted by Crippen LogP contribution is 2.07. The molecule has 0 atom stereocenters. The molecule has 0 aliphatic rings. The van der Waals surface area contributed by atoms with Gasteiger partial charge in [0, 0.05) is 5.75 Å². The van der Waals surface area contributed by atoms with E-state index < -0.39 is 0 Å². The number of para-hydroxylation sites is 1. The summed E-state index contributed by atoms with van der Waals surface area (Å²) in [5, 5.41) is 5.23. The first kappa shape index (κ1) is 8.43. The van der Waals surface area contributed by atoms with Crippen molar-refractivity contribution in [1.29, 1.82) is 0 Å². The van der Waals surface area contributed by atoms with Crippen LogP contribution in [0.1, 0.15) is 0 Å². The monoisotopic (exact) mass is 169 g/mol. The molecule has 11 heavy (non-hydrogen) atoms. The predicted molar refractivity (Wildman–Crippen MR) is 48.6 cm³/mol. The zero-order valence-electron chi connectivity index (χ0n) is 6.19. The molecule has 0 amide bonds. The molecule has 0 saturated heterocycles. The van der Waals surface area contributed by atoms with E-state index in [1.807, 2.05) is 30.3 Å². The Labute approximate surface area is 70.9 Å². The zero-order chi connectivity index (χ0) is 7.94. The topological polar surface area (TPSA) is 35.2 Å². The van der Waals surface area contributed by atoms with E-state index in [9.17, 15) is 0 Å². The Morgan fingerprint density at radius 3 is 2.64 bits per heavy atom. The molecule has 1 aromatic carbocycles. The first-order chi connectivity index (χ1) is 5.43. The van der Waals surface area contributed by atoms with Gasteiger partial charge in [-0.05, 0) is 12.1 Å². The molecule has 60 valence electrons. The van der Waals surface area contributed by atoms with E-state index in [1.165, 1.54) is 11.9 Å². The first-order valence-corrected chi connectivity index (χ1v) is 4.48. The fourth-order valence-electron chi connectivity index (χ4n) is 0.724. The fourth-order valence-corrected chi connectivity index (χ4v) is 0.904. The third-order valence-corrected chi connectivity index (χ3v) is 1.62. The van der Waals surface area contributed by atoms with Crippen molar-refractivity contribution in [3.8, 4) is 5.75 Å². The second-order valence-electron chi connectivity index (χ2n) is 2.03. The van der Waals surface area contributed by atoms with Crippen molar-refractivity contribution in [3.05, 3.63) is 30.3 Å². The molecular formula is C8H11NOS. The van der Waals surface area contributed by atoms with Gasteiger partial charge in [-0.2, -0.15) is 0 Å². The summed E-state index contributed by atoms with van der Waals surface area (Å²) >= 11 is 1.30. The molecule has 0 bridgehead atoms. The van der Waals surface area contributed by atoms with Gasteiger partial charge >= 0.3 is 0 Å². The minimum absolute atomic E-state index is 0.672. The summed E-state index contributed by atoms with van der Waals surface area (Å²) in [6.45, 7) is 0.672. The van der Waals surface area contributed by atoms with E-state index in [0.29, 0.717) is 6.61 Å². The Balaban J connectivity index is 2.28. The van der Waals surface area contributed by atoms with E-state index in [1.54, 1.807) is 0 Å². The highest BCUT2D eigenvalue weighted by atomic mass is 32.2. The van der Waals surface area contributed by atoms with Gasteiger partial charge < -0.3 is 4.74 Å². The molecule has 0 heterocycles. The van der Waals surface area contributed by atoms with Crippen molar-refractivity contribution in [2.75, 3.05) is 12.4 Å². The number of hydrogen-bond acceptors (Lipinski definition) is 3. The number of benzene rings is 1. The quantitative estimate of drug-likeness (QED) is 0.550. The fraction of sp³-hybridized carbons (Fsp3) is 0.250. The third-order valence-electron chi connectivity index (χ3n) is 1.21. The maximum absolute atomic E-state index is 5.35. The van der Waals surface area contributed by atoms with Gasteiger partial charge in [-0.1, -0.05) is 30.1 Å². The van der Waals surface area contributed by atoms with Gasteiger partial charge in [-0.25, -0.2) is 0 Å². The summed E-state index contributed by atoms with van der Waals surface area (Å²) in [5.41, 5.74) is 0. The molecular weight excluding hydrogens is 158 g/mol. The van der Waals surface area contributed by atoms with Gasteiger partial charge in [-0.15, -0.1) is 0 Å². The van der Waals surface area contributed by atoms with Crippen LogP contribution in [-0.2, 0) is 0 Å². The Kier molecular flexibility index (Phi) is 3.86. The maximum atomic E-state index is 5.35. The Bertz CT molecular complexity index is 191. The maximum Gasteiger partial charge on any atom is 0.119 e. The first-order valence-electron chi connectivity index (χ1n) is 3.43. The van der Waals surface area contributed by atoms with E-state index in [0.717, 1.165) is 11.5 Å². The molecule has 1 aromatic rings. The molecule has 0 aliphatic carbocycles. The SMILES string of the molecule is NSCCOc1ccccc1. The van der Waals surface area contributed by atoms with Crippen LogP contribution in [-0.4, -0.2) is 12.4 Å². The van der Waals surface area contributed by atoms with Crippen LogP contribution in [0.25, 0.3) is 0 Å². The highest BCUT2D eigenvalue weighted by Gasteiger charge is 1.88. The molecule has 0 spiro atoms. The standard InChI is InChI=1S/C8H11NOS/c9-11-7-6-10-8-4-2-1-3-5-8/h1-5H,6-7,9H2. The lowest BCUT2D eigenvalue weighted by Gasteiger charge is -2.02. The molecule has 0 radical (unpaired) electrons. The van der Waals surface area contributed by atoms with Crippen LogP contribution >= 0.6 is 11.9 Å². The number of hydrogen-bond donors (Lipinski definition) is 1. The van der Waals surface area contributed by atoms with Crippen molar-refractivity contribution in [2.45, 2.75) is 0 Å². The van der Waals surface area contributed by atoms with Crippen molar-refractivity contribution >= 4 is 11.9 Å². The molecule has 2 N–H and O–H groups in total. The largest absolute Gasteiger partial charge is 0.493 e. The van der Waals surface area contributed by atoms with Crippen LogP contribution in [0, 0.1) is 0 Å². The summed E-state index contributed by atoms with van der Waals surface area (Å²) in [6, 6.07) is 9.72. The zero-order valence-corrected chi connectivity index (χ0v) is 7.01. The number of ether oxygens (including phenoxy) is 1. The van der Waals surface area contributed by atoms with Gasteiger partial charge in [0.05, 0.1) is 6.61 Å². The molecule has 0 aromatic heterocycles. The van der Waals surface area contributed by atoms with Crippen LogP contribution in [0.5, 0.6) is 5.75 Å². The second-order valence-corrected chi connectivity index (χ2v) is 2.77. The van der Waals surface area contributed by atoms with Crippen LogP contribution < -0.4 is 9.88 Å². The van der Waals surface area contributed by atoms with E-state index >= 15 is 0 Å². The Hall–Kier alpha value is -0.670. The lowest BCUT2D eigenvalue weighted by atomic mass is 10.3. The minimum atomic E-state index is 0.672. The van der Waals surface area contributed by atoms with Gasteiger partial charge in [0.1, 0.15) is 5.75 Å². The minimum Gasteiger partial charge on any atom is -0.493 e. The van der Waals surface area contributed by atoms with E-state index in [-0.39, 0.29) is 0 Å². The van der Waals surface area contributed by atoms with Gasteiger partial charge in [-0.3, -0.25) is 5.14 Å². The normalized spacial score (nSPS) is 9.55. The molecule has 0 aliphatic heterocycles. The molecule has 3 heteroatoms. The van der Waals surface area contributed by atoms with Crippen LogP contribution in [0.3, 0.4) is 0 Å². The molecule has 0 unspecified atom stereocenters. The number of rotatable bonds is 4. The molecule has 0 fully saturated rings. The van der Waals surface area contributed by atoms with Gasteiger partial charge in [0.15, 0.2) is 0 Å². The van der Waals surface area contributed by atoms with E-state index in [4.69, 9.17) is 9.88 Å². The van der Waals surface area contributed by atoms with E-state index in [2.05, 4.69) is 0 Å². The van der Waals surface area contributed by atoms with Gasteiger partial charge in [0.2, 0.25) is 0 Å². The van der Waals surface area contributed by atoms with Crippen molar-refractivity contribution in [2.24, 2.45) is 5.14 Å². The molecule has 1 rings (SSSR count). The van der Waals surface area contributed by atoms with Crippen molar-refractivity contribution < 1.29 is 4.74 Å². The third kappa shape index (κ3) is 3.30. The average molecular weight is 169 g/mol. The lowest BCUT2D eigenvalue weighted by molar-refractivity contribution is 0.344. The van der Waals surface area contributed by atoms with Crippen molar-refractivity contribution in [1.82, 2.24) is 0 Å². The van der Waals surface area contributed by atoms with Crippen LogP contribution in [0.2, 0.25) is 0 Å². The Morgan fingerprint density at radius 2 is 2.00 bits per heavy atom. The summed E-state index contributed by atoms with van der Waals surface area (Å²) in [4.78, 5) is 0. The van der Waals surface area contributed by atoms with Gasteiger partial charge in [0.25, 0.3) is 0 Å². The van der Waals surface area contributed by atoms with Crippen LogP contribution in [0.4, 0.5) is 0 Å². The van der Waals surface area contributed by atoms with Crippen molar-refractivity contribution in [3.63, 3.8) is 0 Å². The summed E-state index contributed by atoms with van der Waals surface area (Å²) in [7, 11) is 0. The molecule has 2 nitrogen and oxygen atoms in total. The van der Waals surface area contributed by atoms with Crippen LogP contribution in [0.15, 0.2) is 30.3 Å². The summed E-state index contributed by atoms with van der Waals surface area (Å²) < 4.78 is 5.35. The molecule has 0 saturated carbocycles. The lowest BCUT2D eigenvalue weighted by Crippen LogP contribution is -2.01. The average Bonchev–Trinajstić information content (AvgIpc) is 2.07. The highest BCUT2D eigenvalue weighted by molar-refractivity contribution is 7.97. The predicted octanol–water partition coefficient (Wildman–Crippen LogP) is 1.67. The second kappa shape index (κ2) is 5.04. The Morgan fingerprint density at radius 1 is 1.27 bits per heavy atom. The summed E-state index contributed by atoms with van der Waals surface area (Å²) in [5.74, 6) is 1.73. The summed E-state index contributed by atoms with van der Waals surface area (Å²) in [6.07, 6.45) is 0. The smallest absolute Gasteiger partial charge is 0.119 e.